The van der Waals surface area contributed by atoms with Crippen molar-refractivity contribution in [2.75, 3.05) is 20.2 Å². The molecule has 4 heteroatoms. The number of carbonyl (C=O) groups excluding carboxylic acids is 1. The minimum atomic E-state index is -0.639. The van der Waals surface area contributed by atoms with Crippen LogP contribution >= 0.6 is 0 Å². The number of amides is 1. The molecule has 4 nitrogen and oxygen atoms in total. The molecule has 0 bridgehead atoms. The molecule has 1 aromatic carbocycles. The van der Waals surface area contributed by atoms with Crippen molar-refractivity contribution < 1.29 is 9.53 Å². The van der Waals surface area contributed by atoms with Crippen LogP contribution in [0.25, 0.3) is 0 Å². The van der Waals surface area contributed by atoms with Gasteiger partial charge in [0, 0.05) is 26.7 Å². The number of rotatable bonds is 6. The lowest BCUT2D eigenvalue weighted by Crippen LogP contribution is -2.34. The van der Waals surface area contributed by atoms with Crippen LogP contribution in [0.15, 0.2) is 54.7 Å². The zero-order valence-electron chi connectivity index (χ0n) is 13.3. The van der Waals surface area contributed by atoms with Gasteiger partial charge in [0.25, 0.3) is 0 Å². The third-order valence-corrected chi connectivity index (χ3v) is 3.83. The first kappa shape index (κ1) is 16.2. The Bertz CT molecular complexity index is 559. The molecule has 1 heterocycles. The number of benzene rings is 1. The van der Waals surface area contributed by atoms with E-state index in [1.165, 1.54) is 0 Å². The molecular formula is C18H22N2O2. The maximum absolute atomic E-state index is 11.3. The summed E-state index contributed by atoms with van der Waals surface area (Å²) < 4.78 is 6.17. The topological polar surface area (TPSA) is 42.4 Å². The number of carbonyl (C=O) groups is 1. The molecule has 2 rings (SSSR count). The SMILES string of the molecule is CC(=O)N(C)CCOC(C)(c1ccccc1)c1ccccn1. The predicted octanol–water partition coefficient (Wildman–Crippen LogP) is 2.84. The molecule has 2 aromatic rings. The van der Waals surface area contributed by atoms with E-state index in [0.29, 0.717) is 13.2 Å². The molecule has 0 aliphatic rings. The van der Waals surface area contributed by atoms with Gasteiger partial charge in [-0.25, -0.2) is 0 Å². The van der Waals surface area contributed by atoms with Gasteiger partial charge in [-0.3, -0.25) is 9.78 Å². The zero-order valence-corrected chi connectivity index (χ0v) is 13.3. The summed E-state index contributed by atoms with van der Waals surface area (Å²) in [5, 5.41) is 0. The van der Waals surface area contributed by atoms with Gasteiger partial charge in [-0.2, -0.15) is 0 Å². The van der Waals surface area contributed by atoms with Crippen molar-refractivity contribution in [1.29, 1.82) is 0 Å². The Hall–Kier alpha value is -2.20. The van der Waals surface area contributed by atoms with Gasteiger partial charge in [0.15, 0.2) is 0 Å². The van der Waals surface area contributed by atoms with Gasteiger partial charge in [0.1, 0.15) is 5.60 Å². The Morgan fingerprint density at radius 2 is 1.86 bits per heavy atom. The standard InChI is InChI=1S/C18H22N2O2/c1-15(21)20(3)13-14-22-18(2,16-9-5-4-6-10-16)17-11-7-8-12-19-17/h4-12H,13-14H2,1-3H3. The fourth-order valence-electron chi connectivity index (χ4n) is 2.25. The Morgan fingerprint density at radius 1 is 1.18 bits per heavy atom. The molecule has 0 saturated heterocycles. The number of hydrogen-bond donors (Lipinski definition) is 0. The first-order valence-corrected chi connectivity index (χ1v) is 7.37. The summed E-state index contributed by atoms with van der Waals surface area (Å²) >= 11 is 0. The number of hydrogen-bond acceptors (Lipinski definition) is 3. The van der Waals surface area contributed by atoms with Crippen LogP contribution in [0, 0.1) is 0 Å². The van der Waals surface area contributed by atoms with Crippen LogP contribution in [-0.4, -0.2) is 36.0 Å². The van der Waals surface area contributed by atoms with Gasteiger partial charge in [-0.1, -0.05) is 36.4 Å². The number of ether oxygens (including phenoxy) is 1. The van der Waals surface area contributed by atoms with Crippen molar-refractivity contribution >= 4 is 5.91 Å². The van der Waals surface area contributed by atoms with Crippen LogP contribution in [0.4, 0.5) is 0 Å². The van der Waals surface area contributed by atoms with Crippen LogP contribution in [0.5, 0.6) is 0 Å². The minimum absolute atomic E-state index is 0.0304. The first-order chi connectivity index (χ1) is 10.5. The average Bonchev–Trinajstić information content (AvgIpc) is 2.56. The summed E-state index contributed by atoms with van der Waals surface area (Å²) in [5.74, 6) is 0.0304. The highest BCUT2D eigenvalue weighted by Crippen LogP contribution is 2.31. The minimum Gasteiger partial charge on any atom is -0.362 e. The maximum Gasteiger partial charge on any atom is 0.219 e. The smallest absolute Gasteiger partial charge is 0.219 e. The van der Waals surface area contributed by atoms with Crippen LogP contribution in [0.2, 0.25) is 0 Å². The van der Waals surface area contributed by atoms with Crippen molar-refractivity contribution in [2.24, 2.45) is 0 Å². The molecule has 22 heavy (non-hydrogen) atoms. The predicted molar refractivity (Wildman–Crippen MR) is 86.4 cm³/mol. The quantitative estimate of drug-likeness (QED) is 0.823. The highest BCUT2D eigenvalue weighted by molar-refractivity contribution is 5.72. The maximum atomic E-state index is 11.3. The third-order valence-electron chi connectivity index (χ3n) is 3.83. The van der Waals surface area contributed by atoms with E-state index < -0.39 is 5.60 Å². The summed E-state index contributed by atoms with van der Waals surface area (Å²) in [4.78, 5) is 17.4. The second kappa shape index (κ2) is 7.18. The molecule has 1 atom stereocenters. The van der Waals surface area contributed by atoms with Gasteiger partial charge in [-0.15, -0.1) is 0 Å². The molecule has 0 aliphatic carbocycles. The highest BCUT2D eigenvalue weighted by Gasteiger charge is 2.31. The lowest BCUT2D eigenvalue weighted by molar-refractivity contribution is -0.129. The van der Waals surface area contributed by atoms with Gasteiger partial charge in [-0.05, 0) is 24.6 Å². The van der Waals surface area contributed by atoms with Crippen molar-refractivity contribution in [2.45, 2.75) is 19.4 Å². The molecule has 116 valence electrons. The Labute approximate surface area is 131 Å². The van der Waals surface area contributed by atoms with Gasteiger partial charge >= 0.3 is 0 Å². The molecule has 1 unspecified atom stereocenters. The van der Waals surface area contributed by atoms with E-state index in [0.717, 1.165) is 11.3 Å². The van der Waals surface area contributed by atoms with Crippen LogP contribution < -0.4 is 0 Å². The summed E-state index contributed by atoms with van der Waals surface area (Å²) in [6, 6.07) is 15.8. The number of likely N-dealkylation sites (N-methyl/N-ethyl adjacent to an activating group) is 1. The summed E-state index contributed by atoms with van der Waals surface area (Å²) in [6.07, 6.45) is 1.77. The molecule has 0 fully saturated rings. The molecule has 0 aliphatic heterocycles. The third kappa shape index (κ3) is 3.71. The average molecular weight is 298 g/mol. The van der Waals surface area contributed by atoms with E-state index >= 15 is 0 Å². The number of pyridine rings is 1. The molecular weight excluding hydrogens is 276 g/mol. The lowest BCUT2D eigenvalue weighted by Gasteiger charge is -2.31. The van der Waals surface area contributed by atoms with Crippen molar-refractivity contribution in [1.82, 2.24) is 9.88 Å². The van der Waals surface area contributed by atoms with E-state index in [4.69, 9.17) is 4.74 Å². The largest absolute Gasteiger partial charge is 0.362 e. The normalized spacial score (nSPS) is 13.4. The van der Waals surface area contributed by atoms with E-state index in [9.17, 15) is 4.79 Å². The summed E-state index contributed by atoms with van der Waals surface area (Å²) in [6.45, 7) is 4.55. The molecule has 1 amide bonds. The van der Waals surface area contributed by atoms with Crippen molar-refractivity contribution in [3.05, 3.63) is 66.0 Å². The van der Waals surface area contributed by atoms with E-state index in [2.05, 4.69) is 4.98 Å². The monoisotopic (exact) mass is 298 g/mol. The molecule has 1 aromatic heterocycles. The zero-order chi connectivity index (χ0) is 16.0. The van der Waals surface area contributed by atoms with Crippen molar-refractivity contribution in [3.8, 4) is 0 Å². The van der Waals surface area contributed by atoms with Crippen LogP contribution in [0.1, 0.15) is 25.1 Å². The molecule has 0 N–H and O–H groups in total. The van der Waals surface area contributed by atoms with E-state index in [1.807, 2.05) is 55.5 Å². The van der Waals surface area contributed by atoms with Gasteiger partial charge in [0.05, 0.1) is 12.3 Å². The fourth-order valence-corrected chi connectivity index (χ4v) is 2.25. The molecule has 0 spiro atoms. The Morgan fingerprint density at radius 3 is 2.45 bits per heavy atom. The second-order valence-corrected chi connectivity index (χ2v) is 5.40. The summed E-state index contributed by atoms with van der Waals surface area (Å²) in [5.41, 5.74) is 1.26. The summed E-state index contributed by atoms with van der Waals surface area (Å²) in [7, 11) is 1.77. The van der Waals surface area contributed by atoms with E-state index in [1.54, 1.807) is 25.1 Å². The number of nitrogens with zero attached hydrogens (tertiary/aromatic N) is 2. The number of aromatic nitrogens is 1. The Balaban J connectivity index is 2.22. The molecule has 0 saturated carbocycles. The van der Waals surface area contributed by atoms with Gasteiger partial charge in [0.2, 0.25) is 5.91 Å². The van der Waals surface area contributed by atoms with E-state index in [-0.39, 0.29) is 5.91 Å². The fraction of sp³-hybridized carbons (Fsp3) is 0.333. The van der Waals surface area contributed by atoms with Crippen molar-refractivity contribution in [3.63, 3.8) is 0 Å². The highest BCUT2D eigenvalue weighted by atomic mass is 16.5. The van der Waals surface area contributed by atoms with Crippen LogP contribution in [0.3, 0.4) is 0 Å². The van der Waals surface area contributed by atoms with Crippen LogP contribution in [-0.2, 0) is 15.1 Å². The van der Waals surface area contributed by atoms with Gasteiger partial charge < -0.3 is 9.64 Å². The molecule has 0 radical (unpaired) electrons. The Kier molecular flexibility index (Phi) is 5.28. The second-order valence-electron chi connectivity index (χ2n) is 5.40. The first-order valence-electron chi connectivity index (χ1n) is 7.37. The lowest BCUT2D eigenvalue weighted by atomic mass is 9.91.